The minimum atomic E-state index is -1.17. The Balaban J connectivity index is 2.98. The monoisotopic (exact) mass is 474 g/mol. The van der Waals surface area contributed by atoms with Gasteiger partial charge >= 0.3 is 5.97 Å². The van der Waals surface area contributed by atoms with Crippen LogP contribution in [0.2, 0.25) is 0 Å². The molecule has 0 radical (unpaired) electrons. The Morgan fingerprint density at radius 1 is 1.10 bits per heavy atom. The standard InChI is InChI=1S/C18H30N6O5S2/c1-3-9(2)14(18(28)29)24-16(26)12(4-10-5-20-8-21-10)22-17(27)13(7-31)23-15(25)11(19)6-30/h5,8-9,11-14,30-31H,3-4,6-7,19H2,1-2H3,(H,20,21)(H,22,27)(H,23,25)(H,24,26)(H,28,29). The summed E-state index contributed by atoms with van der Waals surface area (Å²) in [5.74, 6) is -3.37. The summed E-state index contributed by atoms with van der Waals surface area (Å²) in [5.41, 5.74) is 6.16. The Morgan fingerprint density at radius 3 is 2.19 bits per heavy atom. The van der Waals surface area contributed by atoms with E-state index in [1.54, 1.807) is 6.92 Å². The van der Waals surface area contributed by atoms with Crippen LogP contribution in [0.1, 0.15) is 26.0 Å². The number of amides is 3. The fourth-order valence-corrected chi connectivity index (χ4v) is 3.01. The number of rotatable bonds is 13. The van der Waals surface area contributed by atoms with Crippen molar-refractivity contribution in [3.05, 3.63) is 18.2 Å². The maximum Gasteiger partial charge on any atom is 0.326 e. The van der Waals surface area contributed by atoms with E-state index in [-0.39, 0.29) is 23.8 Å². The summed E-state index contributed by atoms with van der Waals surface area (Å²) >= 11 is 8.03. The molecule has 7 N–H and O–H groups in total. The third kappa shape index (κ3) is 8.42. The zero-order valence-corrected chi connectivity index (χ0v) is 19.2. The van der Waals surface area contributed by atoms with Crippen molar-refractivity contribution in [1.29, 1.82) is 0 Å². The molecule has 3 amide bonds. The SMILES string of the molecule is CCC(C)C(NC(=O)C(Cc1cnc[nH]1)NC(=O)C(CS)NC(=O)C(N)CS)C(=O)O. The molecule has 5 atom stereocenters. The third-order valence-corrected chi connectivity index (χ3v) is 5.50. The van der Waals surface area contributed by atoms with Gasteiger partial charge in [0.1, 0.15) is 18.1 Å². The van der Waals surface area contributed by atoms with Crippen LogP contribution in [0.3, 0.4) is 0 Å². The van der Waals surface area contributed by atoms with Crippen molar-refractivity contribution >= 4 is 48.9 Å². The summed E-state index contributed by atoms with van der Waals surface area (Å²) < 4.78 is 0. The Labute approximate surface area is 191 Å². The number of carboxylic acid groups (broad SMARTS) is 1. The second kappa shape index (κ2) is 13.2. The molecule has 1 heterocycles. The highest BCUT2D eigenvalue weighted by molar-refractivity contribution is 7.80. The number of aromatic nitrogens is 2. The van der Waals surface area contributed by atoms with Crippen LogP contribution in [0, 0.1) is 5.92 Å². The lowest BCUT2D eigenvalue weighted by Crippen LogP contribution is -2.58. The minimum absolute atomic E-state index is 0.0355. The molecule has 0 saturated carbocycles. The molecule has 0 aliphatic rings. The molecule has 1 rings (SSSR count). The van der Waals surface area contributed by atoms with Gasteiger partial charge in [-0.05, 0) is 5.92 Å². The molecule has 0 aromatic carbocycles. The molecule has 0 fully saturated rings. The highest BCUT2D eigenvalue weighted by atomic mass is 32.1. The highest BCUT2D eigenvalue weighted by Crippen LogP contribution is 2.09. The molecule has 1 aromatic rings. The Hall–Kier alpha value is -2.25. The largest absolute Gasteiger partial charge is 0.480 e. The van der Waals surface area contributed by atoms with Crippen molar-refractivity contribution in [2.24, 2.45) is 11.7 Å². The predicted molar refractivity (Wildman–Crippen MR) is 121 cm³/mol. The van der Waals surface area contributed by atoms with E-state index in [0.717, 1.165) is 0 Å². The van der Waals surface area contributed by atoms with E-state index >= 15 is 0 Å². The van der Waals surface area contributed by atoms with Gasteiger partial charge < -0.3 is 31.8 Å². The number of imidazole rings is 1. The van der Waals surface area contributed by atoms with Crippen molar-refractivity contribution in [3.8, 4) is 0 Å². The average molecular weight is 475 g/mol. The van der Waals surface area contributed by atoms with Gasteiger partial charge in [-0.3, -0.25) is 14.4 Å². The third-order valence-electron chi connectivity index (χ3n) is 4.74. The van der Waals surface area contributed by atoms with E-state index in [1.165, 1.54) is 12.5 Å². The fraction of sp³-hybridized carbons (Fsp3) is 0.611. The first-order chi connectivity index (χ1) is 14.6. The van der Waals surface area contributed by atoms with Gasteiger partial charge in [-0.25, -0.2) is 9.78 Å². The molecular weight excluding hydrogens is 444 g/mol. The summed E-state index contributed by atoms with van der Waals surface area (Å²) in [6.45, 7) is 3.52. The van der Waals surface area contributed by atoms with Gasteiger partial charge in [0.2, 0.25) is 17.7 Å². The number of carbonyl (C=O) groups excluding carboxylic acids is 3. The maximum absolute atomic E-state index is 12.9. The summed E-state index contributed by atoms with van der Waals surface area (Å²) in [7, 11) is 0. The fourth-order valence-electron chi connectivity index (χ4n) is 2.59. The van der Waals surface area contributed by atoms with Gasteiger partial charge in [-0.1, -0.05) is 20.3 Å². The molecule has 0 bridgehead atoms. The molecule has 0 aliphatic heterocycles. The number of carbonyl (C=O) groups is 4. The number of hydrogen-bond acceptors (Lipinski definition) is 8. The lowest BCUT2D eigenvalue weighted by atomic mass is 9.98. The zero-order valence-electron chi connectivity index (χ0n) is 17.4. The number of carboxylic acids is 1. The van der Waals surface area contributed by atoms with E-state index in [1.807, 2.05) is 6.92 Å². The number of hydrogen-bond donors (Lipinski definition) is 8. The normalized spacial score (nSPS) is 15.8. The lowest BCUT2D eigenvalue weighted by molar-refractivity contribution is -0.143. The Kier molecular flexibility index (Phi) is 11.4. The summed E-state index contributed by atoms with van der Waals surface area (Å²) in [5, 5.41) is 17.0. The lowest BCUT2D eigenvalue weighted by Gasteiger charge is -2.26. The van der Waals surface area contributed by atoms with Crippen molar-refractivity contribution in [2.45, 2.75) is 50.9 Å². The number of aromatic amines is 1. The molecule has 1 aromatic heterocycles. The minimum Gasteiger partial charge on any atom is -0.480 e. The van der Waals surface area contributed by atoms with E-state index < -0.39 is 47.9 Å². The van der Waals surface area contributed by atoms with Gasteiger partial charge in [-0.15, -0.1) is 0 Å². The molecule has 31 heavy (non-hydrogen) atoms. The summed E-state index contributed by atoms with van der Waals surface area (Å²) in [6, 6.07) is -4.19. The molecule has 5 unspecified atom stereocenters. The molecule has 174 valence electrons. The molecule has 11 nitrogen and oxygen atoms in total. The molecule has 0 aliphatic carbocycles. The van der Waals surface area contributed by atoms with Crippen molar-refractivity contribution < 1.29 is 24.3 Å². The summed E-state index contributed by atoms with van der Waals surface area (Å²) in [4.78, 5) is 55.9. The highest BCUT2D eigenvalue weighted by Gasteiger charge is 2.31. The first-order valence-electron chi connectivity index (χ1n) is 9.72. The van der Waals surface area contributed by atoms with Gasteiger partial charge in [0.05, 0.1) is 12.4 Å². The van der Waals surface area contributed by atoms with Crippen LogP contribution in [0.4, 0.5) is 0 Å². The number of aliphatic carboxylic acids is 1. The second-order valence-corrected chi connectivity index (χ2v) is 7.82. The molecule has 0 saturated heterocycles. The van der Waals surface area contributed by atoms with Crippen LogP contribution in [0.25, 0.3) is 0 Å². The topological polar surface area (TPSA) is 179 Å². The zero-order chi connectivity index (χ0) is 23.6. The van der Waals surface area contributed by atoms with Crippen molar-refractivity contribution in [2.75, 3.05) is 11.5 Å². The van der Waals surface area contributed by atoms with Crippen molar-refractivity contribution in [3.63, 3.8) is 0 Å². The van der Waals surface area contributed by atoms with Gasteiger partial charge in [-0.2, -0.15) is 25.3 Å². The first-order valence-corrected chi connectivity index (χ1v) is 11.0. The number of nitrogens with zero attached hydrogens (tertiary/aromatic N) is 1. The van der Waals surface area contributed by atoms with E-state index in [4.69, 9.17) is 5.73 Å². The number of H-pyrrole nitrogens is 1. The molecule has 0 spiro atoms. The number of nitrogens with two attached hydrogens (primary N) is 1. The second-order valence-electron chi connectivity index (χ2n) is 7.08. The maximum atomic E-state index is 12.9. The van der Waals surface area contributed by atoms with Gasteiger partial charge in [0.25, 0.3) is 0 Å². The van der Waals surface area contributed by atoms with Crippen LogP contribution in [0.5, 0.6) is 0 Å². The predicted octanol–water partition coefficient (Wildman–Crippen LogP) is -1.28. The Morgan fingerprint density at radius 2 is 1.71 bits per heavy atom. The van der Waals surface area contributed by atoms with E-state index in [2.05, 4.69) is 51.2 Å². The van der Waals surface area contributed by atoms with Crippen LogP contribution < -0.4 is 21.7 Å². The number of nitrogens with one attached hydrogen (secondary N) is 4. The summed E-state index contributed by atoms with van der Waals surface area (Å²) in [6.07, 6.45) is 3.47. The van der Waals surface area contributed by atoms with Crippen LogP contribution in [-0.2, 0) is 25.6 Å². The van der Waals surface area contributed by atoms with E-state index in [0.29, 0.717) is 12.1 Å². The van der Waals surface area contributed by atoms with Gasteiger partial charge in [0.15, 0.2) is 0 Å². The van der Waals surface area contributed by atoms with Crippen LogP contribution in [0.15, 0.2) is 12.5 Å². The van der Waals surface area contributed by atoms with Gasteiger partial charge in [0, 0.05) is 29.8 Å². The van der Waals surface area contributed by atoms with Crippen LogP contribution >= 0.6 is 25.3 Å². The quantitative estimate of drug-likeness (QED) is 0.164. The van der Waals surface area contributed by atoms with E-state index in [9.17, 15) is 24.3 Å². The molecule has 13 heteroatoms. The Bertz CT molecular complexity index is 748. The first kappa shape index (κ1) is 26.8. The average Bonchev–Trinajstić information content (AvgIpc) is 3.26. The van der Waals surface area contributed by atoms with Crippen LogP contribution in [-0.4, -0.2) is 74.4 Å². The smallest absolute Gasteiger partial charge is 0.326 e. The van der Waals surface area contributed by atoms with Crippen molar-refractivity contribution in [1.82, 2.24) is 25.9 Å². The number of thiol groups is 2. The molecular formula is C18H30N6O5S2.